The van der Waals surface area contributed by atoms with Crippen molar-refractivity contribution in [2.75, 3.05) is 0 Å². The molecule has 70 valence electrons. The van der Waals surface area contributed by atoms with Crippen LogP contribution in [0.3, 0.4) is 0 Å². The quantitative estimate of drug-likeness (QED) is 0.496. The van der Waals surface area contributed by atoms with Crippen LogP contribution >= 0.6 is 0 Å². The first-order chi connectivity index (χ1) is 5.41. The molecule has 1 rings (SSSR count). The molecule has 0 saturated carbocycles. The molecule has 0 saturated heterocycles. The third-order valence-electron chi connectivity index (χ3n) is 2.61. The molecule has 0 aromatic heterocycles. The van der Waals surface area contributed by atoms with Crippen LogP contribution in [0.1, 0.15) is 33.1 Å². The lowest BCUT2D eigenvalue weighted by Crippen LogP contribution is -2.25. The molecule has 1 unspecified atom stereocenters. The molecule has 0 aromatic carbocycles. The molecule has 0 spiro atoms. The Hall–Kier alpha value is -0.470. The van der Waals surface area contributed by atoms with Gasteiger partial charge < -0.3 is 0 Å². The first-order valence-corrected chi connectivity index (χ1v) is 4.13. The lowest BCUT2D eigenvalue weighted by Gasteiger charge is -2.26. The Bertz CT molecular complexity index is 200. The van der Waals surface area contributed by atoms with Gasteiger partial charge in [-0.3, -0.25) is 0 Å². The summed E-state index contributed by atoms with van der Waals surface area (Å²) in [6.45, 7) is 3.72. The maximum Gasteiger partial charge on any atom is 0.392 e. The zero-order valence-electron chi connectivity index (χ0n) is 7.33. The minimum Gasteiger partial charge on any atom is -0.171 e. The molecule has 1 aliphatic rings. The van der Waals surface area contributed by atoms with E-state index >= 15 is 0 Å². The lowest BCUT2D eigenvalue weighted by atomic mass is 9.85. The standard InChI is InChI=1S/C9H13F3/c1-6-3-4-8(5-7(6)2)9(10,11)12/h8H,3-5H2,1-2H3. The van der Waals surface area contributed by atoms with Crippen LogP contribution < -0.4 is 0 Å². The maximum absolute atomic E-state index is 12.2. The van der Waals surface area contributed by atoms with Gasteiger partial charge in [-0.1, -0.05) is 11.1 Å². The van der Waals surface area contributed by atoms with Crippen LogP contribution in [-0.4, -0.2) is 6.18 Å². The second kappa shape index (κ2) is 3.11. The molecule has 0 heterocycles. The van der Waals surface area contributed by atoms with E-state index in [2.05, 4.69) is 0 Å². The van der Waals surface area contributed by atoms with E-state index in [-0.39, 0.29) is 12.8 Å². The van der Waals surface area contributed by atoms with E-state index in [0.29, 0.717) is 6.42 Å². The van der Waals surface area contributed by atoms with E-state index < -0.39 is 12.1 Å². The fraction of sp³-hybridized carbons (Fsp3) is 0.778. The smallest absolute Gasteiger partial charge is 0.171 e. The van der Waals surface area contributed by atoms with Crippen LogP contribution in [-0.2, 0) is 0 Å². The van der Waals surface area contributed by atoms with Gasteiger partial charge in [0.1, 0.15) is 0 Å². The van der Waals surface area contributed by atoms with Crippen molar-refractivity contribution in [1.29, 1.82) is 0 Å². The van der Waals surface area contributed by atoms with E-state index in [1.807, 2.05) is 6.92 Å². The summed E-state index contributed by atoms with van der Waals surface area (Å²) in [5, 5.41) is 0. The van der Waals surface area contributed by atoms with E-state index in [4.69, 9.17) is 0 Å². The van der Waals surface area contributed by atoms with Crippen LogP contribution in [0, 0.1) is 5.92 Å². The van der Waals surface area contributed by atoms with Gasteiger partial charge in [0.15, 0.2) is 0 Å². The SMILES string of the molecule is CC1=C(C)CC(C(F)(F)F)CC1. The van der Waals surface area contributed by atoms with Gasteiger partial charge in [0.05, 0.1) is 5.92 Å². The highest BCUT2D eigenvalue weighted by Gasteiger charge is 2.40. The van der Waals surface area contributed by atoms with Crippen LogP contribution in [0.5, 0.6) is 0 Å². The van der Waals surface area contributed by atoms with E-state index in [9.17, 15) is 13.2 Å². The molecule has 0 aliphatic heterocycles. The number of halogens is 3. The Morgan fingerprint density at radius 2 is 1.75 bits per heavy atom. The van der Waals surface area contributed by atoms with Gasteiger partial charge in [0, 0.05) is 0 Å². The van der Waals surface area contributed by atoms with Crippen molar-refractivity contribution in [2.24, 2.45) is 5.92 Å². The Balaban J connectivity index is 2.67. The molecular formula is C9H13F3. The average molecular weight is 178 g/mol. The van der Waals surface area contributed by atoms with Gasteiger partial charge in [-0.05, 0) is 33.1 Å². The fourth-order valence-corrected chi connectivity index (χ4v) is 1.53. The third-order valence-corrected chi connectivity index (χ3v) is 2.61. The molecule has 1 atom stereocenters. The molecule has 0 aromatic rings. The Morgan fingerprint density at radius 1 is 1.17 bits per heavy atom. The van der Waals surface area contributed by atoms with Crippen molar-refractivity contribution >= 4 is 0 Å². The van der Waals surface area contributed by atoms with Gasteiger partial charge in [-0.25, -0.2) is 0 Å². The minimum absolute atomic E-state index is 0.204. The molecule has 0 radical (unpaired) electrons. The Morgan fingerprint density at radius 3 is 2.17 bits per heavy atom. The molecular weight excluding hydrogens is 165 g/mol. The van der Waals surface area contributed by atoms with Crippen molar-refractivity contribution in [3.8, 4) is 0 Å². The molecule has 1 aliphatic carbocycles. The monoisotopic (exact) mass is 178 g/mol. The normalized spacial score (nSPS) is 26.2. The molecule has 0 amide bonds. The van der Waals surface area contributed by atoms with Gasteiger partial charge in [-0.15, -0.1) is 0 Å². The number of hydrogen-bond donors (Lipinski definition) is 0. The van der Waals surface area contributed by atoms with Gasteiger partial charge >= 0.3 is 6.18 Å². The number of hydrogen-bond acceptors (Lipinski definition) is 0. The van der Waals surface area contributed by atoms with Gasteiger partial charge in [0.2, 0.25) is 0 Å². The lowest BCUT2D eigenvalue weighted by molar-refractivity contribution is -0.176. The summed E-state index contributed by atoms with van der Waals surface area (Å²) < 4.78 is 36.7. The van der Waals surface area contributed by atoms with Crippen LogP contribution in [0.4, 0.5) is 13.2 Å². The largest absolute Gasteiger partial charge is 0.392 e. The average Bonchev–Trinajstić information content (AvgIpc) is 1.92. The van der Waals surface area contributed by atoms with Crippen molar-refractivity contribution in [3.63, 3.8) is 0 Å². The summed E-state index contributed by atoms with van der Waals surface area (Å²) >= 11 is 0. The van der Waals surface area contributed by atoms with Crippen LogP contribution in [0.25, 0.3) is 0 Å². The first-order valence-electron chi connectivity index (χ1n) is 4.13. The molecule has 0 N–H and O–H groups in total. The summed E-state index contributed by atoms with van der Waals surface area (Å²) in [6, 6.07) is 0. The highest BCUT2D eigenvalue weighted by atomic mass is 19.4. The van der Waals surface area contributed by atoms with Gasteiger partial charge in [-0.2, -0.15) is 13.2 Å². The summed E-state index contributed by atoms with van der Waals surface area (Å²) in [7, 11) is 0. The number of rotatable bonds is 0. The van der Waals surface area contributed by atoms with Crippen LogP contribution in [0.15, 0.2) is 11.1 Å². The molecule has 0 nitrogen and oxygen atoms in total. The van der Waals surface area contributed by atoms with E-state index in [1.54, 1.807) is 6.92 Å². The number of alkyl halides is 3. The zero-order valence-corrected chi connectivity index (χ0v) is 7.33. The predicted octanol–water partition coefficient (Wildman–Crippen LogP) is 3.69. The van der Waals surface area contributed by atoms with E-state index in [0.717, 1.165) is 11.1 Å². The summed E-state index contributed by atoms with van der Waals surface area (Å²) in [5.41, 5.74) is 2.05. The first kappa shape index (κ1) is 9.62. The fourth-order valence-electron chi connectivity index (χ4n) is 1.53. The summed E-state index contributed by atoms with van der Waals surface area (Å²) in [5.74, 6) is -1.10. The summed E-state index contributed by atoms with van der Waals surface area (Å²) in [6.07, 6.45) is -2.92. The summed E-state index contributed by atoms with van der Waals surface area (Å²) in [4.78, 5) is 0. The molecule has 12 heavy (non-hydrogen) atoms. The maximum atomic E-state index is 12.2. The zero-order chi connectivity index (χ0) is 9.35. The predicted molar refractivity (Wildman–Crippen MR) is 41.8 cm³/mol. The topological polar surface area (TPSA) is 0 Å². The van der Waals surface area contributed by atoms with Crippen molar-refractivity contribution in [1.82, 2.24) is 0 Å². The van der Waals surface area contributed by atoms with Crippen LogP contribution in [0.2, 0.25) is 0 Å². The van der Waals surface area contributed by atoms with Crippen molar-refractivity contribution < 1.29 is 13.2 Å². The molecule has 3 heteroatoms. The molecule has 0 bridgehead atoms. The minimum atomic E-state index is -4.00. The second-order valence-electron chi connectivity index (χ2n) is 3.54. The number of allylic oxidation sites excluding steroid dienone is 2. The second-order valence-corrected chi connectivity index (χ2v) is 3.54. The van der Waals surface area contributed by atoms with Crippen molar-refractivity contribution in [3.05, 3.63) is 11.1 Å². The van der Waals surface area contributed by atoms with E-state index in [1.165, 1.54) is 0 Å². The van der Waals surface area contributed by atoms with Gasteiger partial charge in [0.25, 0.3) is 0 Å². The van der Waals surface area contributed by atoms with Crippen molar-refractivity contribution in [2.45, 2.75) is 39.3 Å². The Kier molecular flexibility index (Phi) is 2.49. The highest BCUT2D eigenvalue weighted by molar-refractivity contribution is 5.14. The highest BCUT2D eigenvalue weighted by Crippen LogP contribution is 2.39. The third kappa shape index (κ3) is 2.02. The Labute approximate surface area is 70.5 Å². The molecule has 0 fully saturated rings.